The van der Waals surface area contributed by atoms with E-state index >= 15 is 0 Å². The van der Waals surface area contributed by atoms with Crippen LogP contribution in [0.3, 0.4) is 0 Å². The number of likely N-dealkylation sites (tertiary alicyclic amines) is 1. The second-order valence-corrected chi connectivity index (χ2v) is 8.63. The van der Waals surface area contributed by atoms with Gasteiger partial charge in [0.1, 0.15) is 5.76 Å². The van der Waals surface area contributed by atoms with Gasteiger partial charge in [-0.2, -0.15) is 0 Å². The second kappa shape index (κ2) is 9.77. The maximum atomic E-state index is 13.0. The Bertz CT molecular complexity index is 969. The molecule has 2 saturated heterocycles. The maximum absolute atomic E-state index is 13.0. The molecule has 2 heterocycles. The summed E-state index contributed by atoms with van der Waals surface area (Å²) in [5.41, 5.74) is 1.46. The van der Waals surface area contributed by atoms with Crippen molar-refractivity contribution in [3.63, 3.8) is 0 Å². The zero-order chi connectivity index (χ0) is 21.8. The van der Waals surface area contributed by atoms with Crippen molar-refractivity contribution in [2.45, 2.75) is 12.5 Å². The summed E-state index contributed by atoms with van der Waals surface area (Å²) < 4.78 is 6.26. The summed E-state index contributed by atoms with van der Waals surface area (Å²) in [5.74, 6) is -1.34. The molecule has 0 aromatic heterocycles. The molecule has 0 bridgehead atoms. The number of aliphatic hydroxyl groups excluding tert-OH is 1. The van der Waals surface area contributed by atoms with Gasteiger partial charge in [-0.25, -0.2) is 0 Å². The number of carbonyl (C=O) groups excluding carboxylic acids is 2. The van der Waals surface area contributed by atoms with Crippen LogP contribution < -0.4 is 0 Å². The monoisotopic (exact) mass is 484 g/mol. The number of benzene rings is 2. The molecule has 31 heavy (non-hydrogen) atoms. The standard InChI is InChI=1S/C24H25BrN2O4/c25-19-9-7-18(8-10-19)22(28)20-21(17-5-2-1-3-6-17)27(24(30)23(20)29)12-4-11-26-13-15-31-16-14-26/h1-3,5-10,21,28H,4,11-16H2/b22-20+/t21-/m0/s1. The summed E-state index contributed by atoms with van der Waals surface area (Å²) in [5, 5.41) is 11.0. The van der Waals surface area contributed by atoms with Gasteiger partial charge in [0.15, 0.2) is 0 Å². The van der Waals surface area contributed by atoms with Gasteiger partial charge in [-0.15, -0.1) is 0 Å². The van der Waals surface area contributed by atoms with E-state index in [1.807, 2.05) is 30.3 Å². The van der Waals surface area contributed by atoms with Gasteiger partial charge in [-0.3, -0.25) is 14.5 Å². The Morgan fingerprint density at radius 3 is 2.35 bits per heavy atom. The third-order valence-electron chi connectivity index (χ3n) is 5.75. The van der Waals surface area contributed by atoms with E-state index in [1.165, 1.54) is 0 Å². The molecule has 0 radical (unpaired) electrons. The first-order chi connectivity index (χ1) is 15.1. The Labute approximate surface area is 190 Å². The van der Waals surface area contributed by atoms with Crippen LogP contribution in [0, 0.1) is 0 Å². The summed E-state index contributed by atoms with van der Waals surface area (Å²) in [4.78, 5) is 29.9. The number of halogens is 1. The highest BCUT2D eigenvalue weighted by molar-refractivity contribution is 9.10. The topological polar surface area (TPSA) is 70.1 Å². The Morgan fingerprint density at radius 1 is 1.00 bits per heavy atom. The van der Waals surface area contributed by atoms with E-state index in [1.54, 1.807) is 29.2 Å². The van der Waals surface area contributed by atoms with Crippen LogP contribution in [-0.2, 0) is 14.3 Å². The fourth-order valence-electron chi connectivity index (χ4n) is 4.15. The van der Waals surface area contributed by atoms with Gasteiger partial charge in [-0.1, -0.05) is 58.4 Å². The number of amides is 1. The molecular weight excluding hydrogens is 460 g/mol. The second-order valence-electron chi connectivity index (χ2n) is 7.72. The van der Waals surface area contributed by atoms with Gasteiger partial charge in [0.05, 0.1) is 24.8 Å². The fraction of sp³-hybridized carbons (Fsp3) is 0.333. The molecule has 1 atom stereocenters. The van der Waals surface area contributed by atoms with E-state index in [4.69, 9.17) is 4.74 Å². The average Bonchev–Trinajstić information content (AvgIpc) is 3.05. The van der Waals surface area contributed by atoms with Crippen LogP contribution in [0.4, 0.5) is 0 Å². The first-order valence-corrected chi connectivity index (χ1v) is 11.2. The van der Waals surface area contributed by atoms with Crippen LogP contribution in [0.1, 0.15) is 23.6 Å². The predicted octanol–water partition coefficient (Wildman–Crippen LogP) is 3.59. The summed E-state index contributed by atoms with van der Waals surface area (Å²) in [7, 11) is 0. The van der Waals surface area contributed by atoms with E-state index in [9.17, 15) is 14.7 Å². The van der Waals surface area contributed by atoms with Gasteiger partial charge < -0.3 is 14.7 Å². The Hall–Kier alpha value is -2.48. The largest absolute Gasteiger partial charge is 0.507 e. The van der Waals surface area contributed by atoms with Crippen LogP contribution in [0.15, 0.2) is 64.6 Å². The molecule has 2 aliphatic heterocycles. The van der Waals surface area contributed by atoms with Crippen LogP contribution >= 0.6 is 15.9 Å². The van der Waals surface area contributed by atoms with Crippen molar-refractivity contribution >= 4 is 33.4 Å². The Balaban J connectivity index is 1.64. The van der Waals surface area contributed by atoms with Gasteiger partial charge in [-0.05, 0) is 24.1 Å². The Morgan fingerprint density at radius 2 is 1.68 bits per heavy atom. The fourth-order valence-corrected chi connectivity index (χ4v) is 4.41. The lowest BCUT2D eigenvalue weighted by Crippen LogP contribution is -2.38. The van der Waals surface area contributed by atoms with E-state index < -0.39 is 17.7 Å². The lowest BCUT2D eigenvalue weighted by Gasteiger charge is -2.29. The number of aliphatic hydroxyl groups is 1. The normalized spacial score (nSPS) is 21.6. The molecule has 2 aromatic carbocycles. The average molecular weight is 485 g/mol. The summed E-state index contributed by atoms with van der Waals surface area (Å²) in [6.07, 6.45) is 0.745. The van der Waals surface area contributed by atoms with Crippen molar-refractivity contribution in [3.05, 3.63) is 75.8 Å². The van der Waals surface area contributed by atoms with Gasteiger partial charge in [0, 0.05) is 36.2 Å². The summed E-state index contributed by atoms with van der Waals surface area (Å²) in [6.45, 7) is 4.48. The molecule has 2 fully saturated rings. The number of nitrogens with zero attached hydrogens (tertiary/aromatic N) is 2. The minimum atomic E-state index is -0.638. The van der Waals surface area contributed by atoms with Crippen molar-refractivity contribution in [2.24, 2.45) is 0 Å². The van der Waals surface area contributed by atoms with Crippen LogP contribution in [-0.4, -0.2) is 66.0 Å². The van der Waals surface area contributed by atoms with E-state index in [-0.39, 0.29) is 11.3 Å². The number of hydrogen-bond donors (Lipinski definition) is 1. The zero-order valence-electron chi connectivity index (χ0n) is 17.2. The van der Waals surface area contributed by atoms with Crippen molar-refractivity contribution in [1.29, 1.82) is 0 Å². The molecule has 6 nitrogen and oxygen atoms in total. The number of carbonyl (C=O) groups is 2. The predicted molar refractivity (Wildman–Crippen MR) is 121 cm³/mol. The highest BCUT2D eigenvalue weighted by Gasteiger charge is 2.45. The van der Waals surface area contributed by atoms with Crippen LogP contribution in [0.5, 0.6) is 0 Å². The van der Waals surface area contributed by atoms with Crippen LogP contribution in [0.25, 0.3) is 5.76 Å². The molecule has 4 rings (SSSR count). The lowest BCUT2D eigenvalue weighted by molar-refractivity contribution is -0.140. The smallest absolute Gasteiger partial charge is 0.295 e. The number of rotatable bonds is 6. The third kappa shape index (κ3) is 4.74. The molecule has 0 aliphatic carbocycles. The molecule has 2 aromatic rings. The molecule has 2 aliphatic rings. The first kappa shape index (κ1) is 21.7. The third-order valence-corrected chi connectivity index (χ3v) is 6.28. The van der Waals surface area contributed by atoms with E-state index in [0.29, 0.717) is 12.1 Å². The van der Waals surface area contributed by atoms with Gasteiger partial charge in [0.2, 0.25) is 0 Å². The minimum Gasteiger partial charge on any atom is -0.507 e. The van der Waals surface area contributed by atoms with Crippen molar-refractivity contribution in [3.8, 4) is 0 Å². The highest BCUT2D eigenvalue weighted by Crippen LogP contribution is 2.39. The molecule has 7 heteroatoms. The Kier molecular flexibility index (Phi) is 6.85. The minimum absolute atomic E-state index is 0.143. The number of ketones is 1. The van der Waals surface area contributed by atoms with E-state index in [2.05, 4.69) is 20.8 Å². The quantitative estimate of drug-likeness (QED) is 0.385. The molecule has 0 spiro atoms. The number of hydrogen-bond acceptors (Lipinski definition) is 5. The molecule has 0 unspecified atom stereocenters. The van der Waals surface area contributed by atoms with Crippen LogP contribution in [0.2, 0.25) is 0 Å². The zero-order valence-corrected chi connectivity index (χ0v) is 18.8. The van der Waals surface area contributed by atoms with Crippen molar-refractivity contribution in [1.82, 2.24) is 9.80 Å². The SMILES string of the molecule is O=C1C(=O)N(CCCN2CCOCC2)[C@@H](c2ccccc2)/C1=C(\O)c1ccc(Br)cc1. The van der Waals surface area contributed by atoms with Crippen molar-refractivity contribution in [2.75, 3.05) is 39.4 Å². The highest BCUT2D eigenvalue weighted by atomic mass is 79.9. The molecule has 1 amide bonds. The van der Waals surface area contributed by atoms with Gasteiger partial charge >= 0.3 is 0 Å². The first-order valence-electron chi connectivity index (χ1n) is 10.5. The number of morpholine rings is 1. The summed E-state index contributed by atoms with van der Waals surface area (Å²) in [6, 6.07) is 15.9. The van der Waals surface area contributed by atoms with E-state index in [0.717, 1.165) is 49.3 Å². The molecular formula is C24H25BrN2O4. The number of ether oxygens (including phenoxy) is 1. The molecule has 1 N–H and O–H groups in total. The lowest BCUT2D eigenvalue weighted by atomic mass is 9.95. The van der Waals surface area contributed by atoms with Gasteiger partial charge in [0.25, 0.3) is 11.7 Å². The number of Topliss-reactive ketones (excluding diaryl/α,β-unsaturated/α-hetero) is 1. The molecule has 162 valence electrons. The summed E-state index contributed by atoms with van der Waals surface area (Å²) >= 11 is 3.38. The maximum Gasteiger partial charge on any atom is 0.295 e. The van der Waals surface area contributed by atoms with Crippen molar-refractivity contribution < 1.29 is 19.4 Å². The molecule has 0 saturated carbocycles.